The van der Waals surface area contributed by atoms with Gasteiger partial charge in [0.05, 0.1) is 0 Å². The normalized spacial score (nSPS) is 14.0. The van der Waals surface area contributed by atoms with Crippen molar-refractivity contribution < 1.29 is 9.13 Å². The van der Waals surface area contributed by atoms with Gasteiger partial charge in [0.2, 0.25) is 0 Å². The van der Waals surface area contributed by atoms with Crippen molar-refractivity contribution >= 4 is 0 Å². The van der Waals surface area contributed by atoms with Gasteiger partial charge in [-0.1, -0.05) is 12.1 Å². The predicted molar refractivity (Wildman–Crippen MR) is 81.4 cm³/mol. The molecule has 0 bridgehead atoms. The molecule has 20 heavy (non-hydrogen) atoms. The minimum absolute atomic E-state index is 0.545. The van der Waals surface area contributed by atoms with E-state index < -0.39 is 0 Å². The van der Waals surface area contributed by atoms with E-state index in [0.29, 0.717) is 12.1 Å². The second-order valence-electron chi connectivity index (χ2n) is 5.77. The van der Waals surface area contributed by atoms with E-state index in [9.17, 15) is 0 Å². The van der Waals surface area contributed by atoms with Crippen molar-refractivity contribution in [3.05, 3.63) is 60.2 Å². The second kappa shape index (κ2) is 6.65. The third kappa shape index (κ3) is 3.44. The molecule has 2 aromatic rings. The number of hydrogen-bond donors (Lipinski definition) is 0. The number of nitrogens with zero attached hydrogens (tertiary/aromatic N) is 2. The topological polar surface area (TPSA) is 7.76 Å². The number of pyridine rings is 2. The predicted octanol–water partition coefficient (Wildman–Crippen LogP) is 3.48. The summed E-state index contributed by atoms with van der Waals surface area (Å²) in [7, 11) is 0. The van der Waals surface area contributed by atoms with Gasteiger partial charge in [0.25, 0.3) is 0 Å². The van der Waals surface area contributed by atoms with Gasteiger partial charge in [0, 0.05) is 51.0 Å². The van der Waals surface area contributed by atoms with Crippen LogP contribution in [0.25, 0.3) is 0 Å². The van der Waals surface area contributed by atoms with Crippen LogP contribution in [0.1, 0.15) is 50.2 Å². The lowest BCUT2D eigenvalue weighted by atomic mass is 10.1. The average molecular weight is 270 g/mol. The Kier molecular flexibility index (Phi) is 4.89. The lowest BCUT2D eigenvalue weighted by Crippen LogP contribution is -2.43. The highest BCUT2D eigenvalue weighted by atomic mass is 15.0. The van der Waals surface area contributed by atoms with Crippen LogP contribution in [0.3, 0.4) is 0 Å². The van der Waals surface area contributed by atoms with Crippen molar-refractivity contribution in [2.75, 3.05) is 0 Å². The summed E-state index contributed by atoms with van der Waals surface area (Å²) in [5.74, 6) is 0. The summed E-state index contributed by atoms with van der Waals surface area (Å²) < 4.78 is 4.74. The van der Waals surface area contributed by atoms with Crippen LogP contribution in [-0.2, 0) is 0 Å². The minimum Gasteiger partial charge on any atom is -0.200 e. The van der Waals surface area contributed by atoms with Gasteiger partial charge in [0.15, 0.2) is 35.9 Å². The van der Waals surface area contributed by atoms with Crippen LogP contribution in [0.4, 0.5) is 0 Å². The molecule has 0 amide bonds. The highest BCUT2D eigenvalue weighted by Gasteiger charge is 2.20. The number of aromatic nitrogens is 2. The summed E-state index contributed by atoms with van der Waals surface area (Å²) in [5, 5.41) is 0. The molecule has 106 valence electrons. The molecule has 2 heteroatoms. The van der Waals surface area contributed by atoms with Gasteiger partial charge in [-0.15, -0.1) is 0 Å². The molecule has 0 aliphatic heterocycles. The molecule has 0 fully saturated rings. The molecule has 0 radical (unpaired) electrons. The molecule has 2 heterocycles. The largest absolute Gasteiger partial charge is 0.200 e. The Morgan fingerprint density at radius 3 is 1.50 bits per heavy atom. The lowest BCUT2D eigenvalue weighted by Gasteiger charge is -2.12. The Balaban J connectivity index is 1.99. The third-order valence-corrected chi connectivity index (χ3v) is 4.16. The summed E-state index contributed by atoms with van der Waals surface area (Å²) in [6.45, 7) is 8.97. The van der Waals surface area contributed by atoms with Crippen LogP contribution in [0.15, 0.2) is 48.8 Å². The molecule has 2 aromatic heterocycles. The highest BCUT2D eigenvalue weighted by Crippen LogP contribution is 2.13. The van der Waals surface area contributed by atoms with E-state index in [1.54, 1.807) is 0 Å². The molecule has 0 saturated carbocycles. The molecular weight excluding hydrogens is 244 g/mol. The summed E-state index contributed by atoms with van der Waals surface area (Å²) in [5.41, 5.74) is 2.66. The van der Waals surface area contributed by atoms with E-state index >= 15 is 0 Å². The maximum atomic E-state index is 2.37. The Bertz CT molecular complexity index is 511. The van der Waals surface area contributed by atoms with E-state index in [-0.39, 0.29) is 0 Å². The van der Waals surface area contributed by atoms with Gasteiger partial charge in [-0.25, -0.2) is 9.13 Å². The smallest absolute Gasteiger partial charge is 0.178 e. The van der Waals surface area contributed by atoms with Crippen molar-refractivity contribution in [2.45, 2.75) is 52.6 Å². The fourth-order valence-corrected chi connectivity index (χ4v) is 2.83. The Morgan fingerprint density at radius 2 is 1.15 bits per heavy atom. The fourth-order valence-electron chi connectivity index (χ4n) is 2.83. The molecule has 2 atom stereocenters. The number of aryl methyl sites for hydroxylation is 2. The van der Waals surface area contributed by atoms with Gasteiger partial charge < -0.3 is 0 Å². The Morgan fingerprint density at radius 1 is 0.750 bits per heavy atom. The quantitative estimate of drug-likeness (QED) is 0.735. The first-order valence-electron chi connectivity index (χ1n) is 7.53. The summed E-state index contributed by atoms with van der Waals surface area (Å²) in [6, 6.07) is 13.9. The summed E-state index contributed by atoms with van der Waals surface area (Å²) >= 11 is 0. The van der Waals surface area contributed by atoms with Gasteiger partial charge in [-0.3, -0.25) is 0 Å². The average Bonchev–Trinajstić information content (AvgIpc) is 2.45. The number of hydrogen-bond acceptors (Lipinski definition) is 0. The van der Waals surface area contributed by atoms with Gasteiger partial charge in [-0.05, 0) is 13.8 Å². The first kappa shape index (κ1) is 14.7. The summed E-state index contributed by atoms with van der Waals surface area (Å²) in [4.78, 5) is 0. The lowest BCUT2D eigenvalue weighted by molar-refractivity contribution is -0.737. The van der Waals surface area contributed by atoms with Crippen LogP contribution < -0.4 is 9.13 Å². The molecule has 0 N–H and O–H groups in total. The SMILES string of the molecule is Cc1cccc[n+]1[C@H](C)CC[C@@H](C)[n+]1ccccc1C. The van der Waals surface area contributed by atoms with Crippen molar-refractivity contribution in [1.82, 2.24) is 0 Å². The van der Waals surface area contributed by atoms with Crippen molar-refractivity contribution in [3.8, 4) is 0 Å². The zero-order chi connectivity index (χ0) is 14.5. The first-order valence-corrected chi connectivity index (χ1v) is 7.53. The molecule has 2 nitrogen and oxygen atoms in total. The van der Waals surface area contributed by atoms with Gasteiger partial charge in [-0.2, -0.15) is 0 Å². The van der Waals surface area contributed by atoms with Crippen LogP contribution >= 0.6 is 0 Å². The van der Waals surface area contributed by atoms with Crippen molar-refractivity contribution in [3.63, 3.8) is 0 Å². The molecular formula is C18H26N2+2. The van der Waals surface area contributed by atoms with Crippen molar-refractivity contribution in [1.29, 1.82) is 0 Å². The summed E-state index contributed by atoms with van der Waals surface area (Å²) in [6.07, 6.45) is 6.76. The van der Waals surface area contributed by atoms with Crippen LogP contribution in [0, 0.1) is 13.8 Å². The van der Waals surface area contributed by atoms with E-state index in [1.807, 2.05) is 0 Å². The zero-order valence-corrected chi connectivity index (χ0v) is 13.1. The zero-order valence-electron chi connectivity index (χ0n) is 13.1. The highest BCUT2D eigenvalue weighted by molar-refractivity contribution is 4.95. The van der Waals surface area contributed by atoms with Crippen LogP contribution in [0.5, 0.6) is 0 Å². The fraction of sp³-hybridized carbons (Fsp3) is 0.444. The third-order valence-electron chi connectivity index (χ3n) is 4.16. The van der Waals surface area contributed by atoms with Crippen LogP contribution in [-0.4, -0.2) is 0 Å². The molecule has 0 aliphatic rings. The van der Waals surface area contributed by atoms with Crippen molar-refractivity contribution in [2.24, 2.45) is 0 Å². The van der Waals surface area contributed by atoms with Crippen LogP contribution in [0.2, 0.25) is 0 Å². The van der Waals surface area contributed by atoms with E-state index in [2.05, 4.69) is 85.6 Å². The van der Waals surface area contributed by atoms with Gasteiger partial charge in [0.1, 0.15) is 0 Å². The molecule has 0 saturated heterocycles. The Hall–Kier alpha value is -1.70. The standard InChI is InChI=1S/C18H26N2/c1-15-9-5-7-13-19(15)17(3)11-12-18(4)20-14-8-6-10-16(20)2/h5-10,13-14,17-18H,11-12H2,1-4H3/q+2/t17-,18-/m1/s1. The molecule has 0 unspecified atom stereocenters. The first-order chi connectivity index (χ1) is 9.59. The number of rotatable bonds is 5. The van der Waals surface area contributed by atoms with E-state index in [1.165, 1.54) is 24.2 Å². The second-order valence-corrected chi connectivity index (χ2v) is 5.77. The molecule has 0 aromatic carbocycles. The van der Waals surface area contributed by atoms with E-state index in [0.717, 1.165) is 0 Å². The van der Waals surface area contributed by atoms with Gasteiger partial charge >= 0.3 is 0 Å². The molecule has 0 aliphatic carbocycles. The molecule has 2 rings (SSSR count). The maximum Gasteiger partial charge on any atom is 0.178 e. The Labute approximate surface area is 122 Å². The maximum absolute atomic E-state index is 2.37. The minimum atomic E-state index is 0.545. The molecule has 0 spiro atoms. The monoisotopic (exact) mass is 270 g/mol. The van der Waals surface area contributed by atoms with E-state index in [4.69, 9.17) is 0 Å².